The summed E-state index contributed by atoms with van der Waals surface area (Å²) in [7, 11) is 1.75. The summed E-state index contributed by atoms with van der Waals surface area (Å²) in [5.74, 6) is 0.343. The fourth-order valence-electron chi connectivity index (χ4n) is 4.43. The minimum atomic E-state index is -0.584. The summed E-state index contributed by atoms with van der Waals surface area (Å²) in [5.41, 5.74) is 2.31. The molecule has 7 heteroatoms. The van der Waals surface area contributed by atoms with E-state index < -0.39 is 6.10 Å². The fourth-order valence-corrected chi connectivity index (χ4v) is 4.43. The zero-order valence-electron chi connectivity index (χ0n) is 17.1. The molecule has 2 heterocycles. The van der Waals surface area contributed by atoms with Gasteiger partial charge in [-0.15, -0.1) is 0 Å². The van der Waals surface area contributed by atoms with Gasteiger partial charge in [0.1, 0.15) is 0 Å². The molecule has 2 fully saturated rings. The van der Waals surface area contributed by atoms with E-state index in [4.69, 9.17) is 9.26 Å². The third-order valence-electron chi connectivity index (χ3n) is 6.19. The van der Waals surface area contributed by atoms with Crippen molar-refractivity contribution in [1.29, 1.82) is 0 Å². The third-order valence-corrected chi connectivity index (χ3v) is 6.19. The van der Waals surface area contributed by atoms with Crippen LogP contribution in [0.3, 0.4) is 0 Å². The molecule has 29 heavy (non-hydrogen) atoms. The maximum atomic E-state index is 13.0. The smallest absolute Gasteiger partial charge is 0.276 e. The van der Waals surface area contributed by atoms with E-state index in [1.165, 1.54) is 0 Å². The zero-order chi connectivity index (χ0) is 20.4. The van der Waals surface area contributed by atoms with Crippen LogP contribution in [0.4, 0.5) is 0 Å². The van der Waals surface area contributed by atoms with Crippen LogP contribution in [-0.4, -0.2) is 77.5 Å². The Morgan fingerprint density at radius 3 is 2.66 bits per heavy atom. The van der Waals surface area contributed by atoms with Crippen molar-refractivity contribution in [3.8, 4) is 11.3 Å². The summed E-state index contributed by atoms with van der Waals surface area (Å²) in [4.78, 5) is 17.0. The van der Waals surface area contributed by atoms with Gasteiger partial charge < -0.3 is 19.3 Å². The summed E-state index contributed by atoms with van der Waals surface area (Å²) in [6.07, 6.45) is 2.13. The average molecular weight is 399 g/mol. The SMILES string of the molecule is Cc1ccc(-c2cc(C(=O)N(C)[C@@H]3CCC[C@@H](N4CCOCC4)[C@@H]3O)no2)cc1. The van der Waals surface area contributed by atoms with Gasteiger partial charge in [-0.2, -0.15) is 0 Å². The lowest BCUT2D eigenvalue weighted by molar-refractivity contribution is -0.0614. The van der Waals surface area contributed by atoms with Crippen molar-refractivity contribution < 1.29 is 19.2 Å². The number of aliphatic hydroxyl groups excluding tert-OH is 1. The highest BCUT2D eigenvalue weighted by molar-refractivity contribution is 5.93. The van der Waals surface area contributed by atoms with Gasteiger partial charge in [0.2, 0.25) is 0 Å². The number of nitrogens with zero attached hydrogens (tertiary/aromatic N) is 3. The minimum absolute atomic E-state index is 0.0633. The first-order valence-electron chi connectivity index (χ1n) is 10.4. The molecule has 1 aliphatic carbocycles. The van der Waals surface area contributed by atoms with Crippen LogP contribution in [0.1, 0.15) is 35.3 Å². The molecule has 1 saturated carbocycles. The Balaban J connectivity index is 1.46. The molecule has 2 aromatic rings. The number of likely N-dealkylation sites (N-methyl/N-ethyl adjacent to an activating group) is 1. The van der Waals surface area contributed by atoms with E-state index in [-0.39, 0.29) is 23.7 Å². The van der Waals surface area contributed by atoms with Crippen molar-refractivity contribution in [3.05, 3.63) is 41.6 Å². The van der Waals surface area contributed by atoms with E-state index in [9.17, 15) is 9.90 Å². The van der Waals surface area contributed by atoms with E-state index in [2.05, 4.69) is 10.1 Å². The van der Waals surface area contributed by atoms with E-state index in [1.807, 2.05) is 31.2 Å². The number of benzene rings is 1. The molecule has 1 aromatic heterocycles. The second-order valence-corrected chi connectivity index (χ2v) is 8.06. The van der Waals surface area contributed by atoms with Crippen LogP contribution in [0.15, 0.2) is 34.9 Å². The Morgan fingerprint density at radius 1 is 1.21 bits per heavy atom. The van der Waals surface area contributed by atoms with E-state index in [0.29, 0.717) is 19.0 Å². The molecular formula is C22H29N3O4. The molecule has 3 atom stereocenters. The zero-order valence-corrected chi connectivity index (χ0v) is 17.1. The normalized spacial score (nSPS) is 25.7. The average Bonchev–Trinajstić information content (AvgIpc) is 3.24. The van der Waals surface area contributed by atoms with Crippen LogP contribution in [0.2, 0.25) is 0 Å². The van der Waals surface area contributed by atoms with Crippen LogP contribution in [0.5, 0.6) is 0 Å². The maximum Gasteiger partial charge on any atom is 0.276 e. The van der Waals surface area contributed by atoms with Crippen molar-refractivity contribution in [2.75, 3.05) is 33.4 Å². The molecule has 1 N–H and O–H groups in total. The number of aryl methyl sites for hydroxylation is 1. The first-order valence-corrected chi connectivity index (χ1v) is 10.4. The molecule has 7 nitrogen and oxygen atoms in total. The number of carbonyl (C=O) groups is 1. The van der Waals surface area contributed by atoms with Gasteiger partial charge in [-0.1, -0.05) is 35.0 Å². The molecule has 0 unspecified atom stereocenters. The van der Waals surface area contributed by atoms with Crippen molar-refractivity contribution in [2.45, 2.75) is 44.4 Å². The number of rotatable bonds is 4. The van der Waals surface area contributed by atoms with Gasteiger partial charge in [0, 0.05) is 37.8 Å². The lowest BCUT2D eigenvalue weighted by atomic mass is 9.86. The Hall–Kier alpha value is -2.22. The Bertz CT molecular complexity index is 829. The van der Waals surface area contributed by atoms with Crippen LogP contribution in [-0.2, 0) is 4.74 Å². The number of aromatic nitrogens is 1. The van der Waals surface area contributed by atoms with Gasteiger partial charge in [-0.25, -0.2) is 0 Å². The second kappa shape index (κ2) is 8.65. The molecule has 1 saturated heterocycles. The molecular weight excluding hydrogens is 370 g/mol. The van der Waals surface area contributed by atoms with Crippen LogP contribution in [0, 0.1) is 6.92 Å². The van der Waals surface area contributed by atoms with E-state index in [0.717, 1.165) is 43.5 Å². The summed E-state index contributed by atoms with van der Waals surface area (Å²) < 4.78 is 10.8. The predicted molar refractivity (Wildman–Crippen MR) is 109 cm³/mol. The first kappa shape index (κ1) is 20.1. The number of hydrogen-bond acceptors (Lipinski definition) is 6. The number of ether oxygens (including phenoxy) is 1. The number of aliphatic hydroxyl groups is 1. The largest absolute Gasteiger partial charge is 0.389 e. The number of carbonyl (C=O) groups excluding carboxylic acids is 1. The third kappa shape index (κ3) is 4.22. The number of hydrogen-bond donors (Lipinski definition) is 1. The highest BCUT2D eigenvalue weighted by Gasteiger charge is 2.39. The fraction of sp³-hybridized carbons (Fsp3) is 0.545. The molecule has 0 bridgehead atoms. The van der Waals surface area contributed by atoms with Crippen molar-refractivity contribution >= 4 is 5.91 Å². The lowest BCUT2D eigenvalue weighted by Gasteiger charge is -2.45. The Kier molecular flexibility index (Phi) is 5.99. The molecule has 0 radical (unpaired) electrons. The van der Waals surface area contributed by atoms with Gasteiger partial charge in [-0.05, 0) is 26.2 Å². The highest BCUT2D eigenvalue weighted by Crippen LogP contribution is 2.29. The van der Waals surface area contributed by atoms with Gasteiger partial charge in [0.05, 0.1) is 25.4 Å². The molecule has 156 valence electrons. The minimum Gasteiger partial charge on any atom is -0.389 e. The van der Waals surface area contributed by atoms with Gasteiger partial charge in [-0.3, -0.25) is 9.69 Å². The predicted octanol–water partition coefficient (Wildman–Crippen LogP) is 2.34. The second-order valence-electron chi connectivity index (χ2n) is 8.06. The van der Waals surface area contributed by atoms with Gasteiger partial charge >= 0.3 is 0 Å². The highest BCUT2D eigenvalue weighted by atomic mass is 16.5. The molecule has 1 aromatic carbocycles. The van der Waals surface area contributed by atoms with E-state index >= 15 is 0 Å². The van der Waals surface area contributed by atoms with Crippen molar-refractivity contribution in [1.82, 2.24) is 15.0 Å². The summed E-state index contributed by atoms with van der Waals surface area (Å²) in [6, 6.07) is 9.40. The lowest BCUT2D eigenvalue weighted by Crippen LogP contribution is -2.58. The number of amides is 1. The molecule has 0 spiro atoms. The summed E-state index contributed by atoms with van der Waals surface area (Å²) in [5, 5.41) is 15.0. The Morgan fingerprint density at radius 2 is 1.93 bits per heavy atom. The number of morpholine rings is 1. The standard InChI is InChI=1S/C22H29N3O4/c1-15-6-8-16(9-7-15)20-14-17(23-29-20)22(27)24(2)18-4-3-5-19(21(18)26)25-10-12-28-13-11-25/h6-9,14,18-19,21,26H,3-5,10-13H2,1-2H3/t18-,19-,21-/m1/s1. The van der Waals surface area contributed by atoms with Crippen LogP contribution < -0.4 is 0 Å². The summed E-state index contributed by atoms with van der Waals surface area (Å²) in [6.45, 7) is 5.07. The maximum absolute atomic E-state index is 13.0. The van der Waals surface area contributed by atoms with Gasteiger partial charge in [0.15, 0.2) is 11.5 Å². The Labute approximate surface area is 171 Å². The van der Waals surface area contributed by atoms with Crippen molar-refractivity contribution in [2.24, 2.45) is 0 Å². The quantitative estimate of drug-likeness (QED) is 0.850. The molecule has 2 aliphatic rings. The monoisotopic (exact) mass is 399 g/mol. The summed E-state index contributed by atoms with van der Waals surface area (Å²) >= 11 is 0. The molecule has 1 aliphatic heterocycles. The topological polar surface area (TPSA) is 79.0 Å². The van der Waals surface area contributed by atoms with Crippen LogP contribution >= 0.6 is 0 Å². The van der Waals surface area contributed by atoms with Crippen LogP contribution in [0.25, 0.3) is 11.3 Å². The first-order chi connectivity index (χ1) is 14.0. The van der Waals surface area contributed by atoms with Gasteiger partial charge in [0.25, 0.3) is 5.91 Å². The van der Waals surface area contributed by atoms with Crippen molar-refractivity contribution in [3.63, 3.8) is 0 Å². The molecule has 1 amide bonds. The molecule has 4 rings (SSSR count). The van der Waals surface area contributed by atoms with E-state index in [1.54, 1.807) is 18.0 Å².